The van der Waals surface area contributed by atoms with E-state index in [0.29, 0.717) is 0 Å². The summed E-state index contributed by atoms with van der Waals surface area (Å²) in [4.78, 5) is 0. The number of hydrogen-bond donors (Lipinski definition) is 1. The molecule has 0 spiro atoms. The maximum atomic E-state index is 5.99. The zero-order valence-corrected chi connectivity index (χ0v) is 9.36. The van der Waals surface area contributed by atoms with Gasteiger partial charge < -0.3 is 10.5 Å². The van der Waals surface area contributed by atoms with Crippen molar-refractivity contribution < 1.29 is 4.74 Å². The fourth-order valence-corrected chi connectivity index (χ4v) is 1.74. The Morgan fingerprint density at radius 3 is 2.79 bits per heavy atom. The Morgan fingerprint density at radius 1 is 1.36 bits per heavy atom. The predicted octanol–water partition coefficient (Wildman–Crippen LogP) is 2.51. The van der Waals surface area contributed by atoms with Crippen LogP contribution in [0, 0.1) is 13.8 Å². The van der Waals surface area contributed by atoms with E-state index in [0.717, 1.165) is 24.3 Å². The zero-order valence-electron chi connectivity index (χ0n) is 8.54. The van der Waals surface area contributed by atoms with E-state index in [1.165, 1.54) is 11.1 Å². The SMILES string of the molecule is Cc1ccc2c(c1C)OCC[C@@H]2N.Cl. The van der Waals surface area contributed by atoms with E-state index in [2.05, 4.69) is 26.0 Å². The van der Waals surface area contributed by atoms with Crippen molar-refractivity contribution in [3.63, 3.8) is 0 Å². The number of ether oxygens (including phenoxy) is 1. The number of rotatable bonds is 0. The summed E-state index contributed by atoms with van der Waals surface area (Å²) in [7, 11) is 0. The molecule has 0 aromatic heterocycles. The minimum atomic E-state index is 0. The molecule has 78 valence electrons. The molecule has 2 nitrogen and oxygen atoms in total. The molecule has 0 fully saturated rings. The van der Waals surface area contributed by atoms with Gasteiger partial charge in [-0.15, -0.1) is 12.4 Å². The van der Waals surface area contributed by atoms with E-state index in [9.17, 15) is 0 Å². The first-order chi connectivity index (χ1) is 6.20. The molecule has 3 heteroatoms. The normalized spacial score (nSPS) is 19.2. The first-order valence-corrected chi connectivity index (χ1v) is 4.68. The predicted molar refractivity (Wildman–Crippen MR) is 60.2 cm³/mol. The molecule has 2 rings (SSSR count). The van der Waals surface area contributed by atoms with Crippen LogP contribution in [-0.4, -0.2) is 6.61 Å². The number of benzene rings is 1. The maximum absolute atomic E-state index is 5.99. The van der Waals surface area contributed by atoms with Gasteiger partial charge in [0.15, 0.2) is 0 Å². The largest absolute Gasteiger partial charge is 0.493 e. The van der Waals surface area contributed by atoms with Crippen molar-refractivity contribution in [2.24, 2.45) is 5.73 Å². The minimum absolute atomic E-state index is 0. The van der Waals surface area contributed by atoms with Crippen molar-refractivity contribution in [1.29, 1.82) is 0 Å². The molecule has 0 aliphatic carbocycles. The van der Waals surface area contributed by atoms with Gasteiger partial charge in [-0.3, -0.25) is 0 Å². The molecule has 1 aliphatic heterocycles. The zero-order chi connectivity index (χ0) is 9.42. The summed E-state index contributed by atoms with van der Waals surface area (Å²) in [6, 6.07) is 4.35. The second kappa shape index (κ2) is 4.20. The molecule has 0 unspecified atom stereocenters. The molecular formula is C11H16ClNO. The molecule has 2 N–H and O–H groups in total. The highest BCUT2D eigenvalue weighted by molar-refractivity contribution is 5.85. The molecule has 14 heavy (non-hydrogen) atoms. The summed E-state index contributed by atoms with van der Waals surface area (Å²) in [5.41, 5.74) is 9.65. The van der Waals surface area contributed by atoms with Crippen LogP contribution < -0.4 is 10.5 Å². The van der Waals surface area contributed by atoms with Crippen LogP contribution in [0.1, 0.15) is 29.2 Å². The molecule has 0 amide bonds. The Morgan fingerprint density at radius 2 is 2.07 bits per heavy atom. The molecule has 0 bridgehead atoms. The van der Waals surface area contributed by atoms with Gasteiger partial charge in [0.05, 0.1) is 6.61 Å². The molecular weight excluding hydrogens is 198 g/mol. The average Bonchev–Trinajstić information content (AvgIpc) is 2.12. The third kappa shape index (κ3) is 1.72. The maximum Gasteiger partial charge on any atom is 0.127 e. The van der Waals surface area contributed by atoms with Gasteiger partial charge in [0.2, 0.25) is 0 Å². The van der Waals surface area contributed by atoms with E-state index in [1.54, 1.807) is 0 Å². The van der Waals surface area contributed by atoms with Gasteiger partial charge in [-0.1, -0.05) is 12.1 Å². The first-order valence-electron chi connectivity index (χ1n) is 4.68. The first kappa shape index (κ1) is 11.3. The molecule has 0 saturated carbocycles. The number of hydrogen-bond acceptors (Lipinski definition) is 2. The molecule has 1 aromatic rings. The number of nitrogens with two attached hydrogens (primary N) is 1. The number of halogens is 1. The second-order valence-electron chi connectivity index (χ2n) is 3.67. The summed E-state index contributed by atoms with van der Waals surface area (Å²) in [5.74, 6) is 1.01. The van der Waals surface area contributed by atoms with Crippen LogP contribution >= 0.6 is 12.4 Å². The Hall–Kier alpha value is -0.730. The molecule has 1 aliphatic rings. The third-order valence-electron chi connectivity index (χ3n) is 2.78. The highest BCUT2D eigenvalue weighted by Gasteiger charge is 2.19. The van der Waals surface area contributed by atoms with E-state index in [4.69, 9.17) is 10.5 Å². The number of fused-ring (bicyclic) bond motifs is 1. The fraction of sp³-hybridized carbons (Fsp3) is 0.455. The van der Waals surface area contributed by atoms with E-state index in [1.807, 2.05) is 0 Å². The average molecular weight is 214 g/mol. The lowest BCUT2D eigenvalue weighted by Gasteiger charge is -2.25. The van der Waals surface area contributed by atoms with Crippen LogP contribution in [-0.2, 0) is 0 Å². The van der Waals surface area contributed by atoms with Crippen molar-refractivity contribution in [2.45, 2.75) is 26.3 Å². The Balaban J connectivity index is 0.000000980. The van der Waals surface area contributed by atoms with Gasteiger partial charge in [-0.05, 0) is 25.0 Å². The van der Waals surface area contributed by atoms with Gasteiger partial charge in [0.25, 0.3) is 0 Å². The smallest absolute Gasteiger partial charge is 0.127 e. The standard InChI is InChI=1S/C11H15NO.ClH/c1-7-3-4-9-10(12)5-6-13-11(9)8(7)2;/h3-4,10H,5-6,12H2,1-2H3;1H/t10-;/m0./s1. The van der Waals surface area contributed by atoms with E-state index in [-0.39, 0.29) is 18.4 Å². The minimum Gasteiger partial charge on any atom is -0.493 e. The van der Waals surface area contributed by atoms with Gasteiger partial charge in [0.1, 0.15) is 5.75 Å². The highest BCUT2D eigenvalue weighted by Crippen LogP contribution is 2.34. The van der Waals surface area contributed by atoms with E-state index < -0.39 is 0 Å². The molecule has 0 radical (unpaired) electrons. The van der Waals surface area contributed by atoms with Crippen molar-refractivity contribution in [2.75, 3.05) is 6.61 Å². The lowest BCUT2D eigenvalue weighted by Crippen LogP contribution is -2.21. The van der Waals surface area contributed by atoms with Gasteiger partial charge in [-0.25, -0.2) is 0 Å². The summed E-state index contributed by atoms with van der Waals surface area (Å²) >= 11 is 0. The van der Waals surface area contributed by atoms with Crippen molar-refractivity contribution in [3.05, 3.63) is 28.8 Å². The Labute approximate surface area is 90.9 Å². The third-order valence-corrected chi connectivity index (χ3v) is 2.78. The van der Waals surface area contributed by atoms with E-state index >= 15 is 0 Å². The Kier molecular flexibility index (Phi) is 3.40. The Bertz CT molecular complexity index is 338. The van der Waals surface area contributed by atoms with Gasteiger partial charge in [-0.2, -0.15) is 0 Å². The summed E-state index contributed by atoms with van der Waals surface area (Å²) in [6.07, 6.45) is 0.926. The van der Waals surface area contributed by atoms with Crippen LogP contribution in [0.2, 0.25) is 0 Å². The lowest BCUT2D eigenvalue weighted by atomic mass is 9.96. The second-order valence-corrected chi connectivity index (χ2v) is 3.67. The van der Waals surface area contributed by atoms with Crippen molar-refractivity contribution >= 4 is 12.4 Å². The number of aryl methyl sites for hydroxylation is 1. The fourth-order valence-electron chi connectivity index (χ4n) is 1.74. The van der Waals surface area contributed by atoms with Crippen LogP contribution in [0.15, 0.2) is 12.1 Å². The van der Waals surface area contributed by atoms with Gasteiger partial charge >= 0.3 is 0 Å². The van der Waals surface area contributed by atoms with Crippen LogP contribution in [0.4, 0.5) is 0 Å². The summed E-state index contributed by atoms with van der Waals surface area (Å²) in [5, 5.41) is 0. The van der Waals surface area contributed by atoms with Crippen LogP contribution in [0.3, 0.4) is 0 Å². The molecule has 1 atom stereocenters. The molecule has 1 aromatic carbocycles. The molecule has 0 saturated heterocycles. The van der Waals surface area contributed by atoms with Crippen molar-refractivity contribution in [3.8, 4) is 5.75 Å². The lowest BCUT2D eigenvalue weighted by molar-refractivity contribution is 0.267. The quantitative estimate of drug-likeness (QED) is 0.719. The van der Waals surface area contributed by atoms with Crippen LogP contribution in [0.25, 0.3) is 0 Å². The van der Waals surface area contributed by atoms with Crippen molar-refractivity contribution in [1.82, 2.24) is 0 Å². The van der Waals surface area contributed by atoms with Crippen LogP contribution in [0.5, 0.6) is 5.75 Å². The monoisotopic (exact) mass is 213 g/mol. The topological polar surface area (TPSA) is 35.2 Å². The highest BCUT2D eigenvalue weighted by atomic mass is 35.5. The summed E-state index contributed by atoms with van der Waals surface area (Å²) in [6.45, 7) is 4.93. The van der Waals surface area contributed by atoms with Gasteiger partial charge in [0, 0.05) is 18.0 Å². The summed E-state index contributed by atoms with van der Waals surface area (Å²) < 4.78 is 5.63. The molecule has 1 heterocycles.